The number of rotatable bonds is 5. The van der Waals surface area contributed by atoms with Crippen LogP contribution >= 0.6 is 31.9 Å². The van der Waals surface area contributed by atoms with Gasteiger partial charge in [0, 0.05) is 16.0 Å². The molecule has 1 nitrogen and oxygen atoms in total. The Hall–Kier alpha value is -1.32. The van der Waals surface area contributed by atoms with Crippen LogP contribution in [-0.2, 0) is 17.3 Å². The maximum atomic E-state index is 6.07. The van der Waals surface area contributed by atoms with E-state index in [2.05, 4.69) is 74.3 Å². The molecule has 3 heteroatoms. The van der Waals surface area contributed by atoms with Gasteiger partial charge in [-0.05, 0) is 28.1 Å². The molecule has 0 bridgehead atoms. The van der Waals surface area contributed by atoms with Gasteiger partial charge in [0.15, 0.2) is 0 Å². The predicted octanol–water partition coefficient (Wildman–Crippen LogP) is 6.21. The zero-order valence-corrected chi connectivity index (χ0v) is 15.2. The molecule has 0 atom stereocenters. The van der Waals surface area contributed by atoms with Crippen LogP contribution < -0.4 is 4.74 Å². The summed E-state index contributed by atoms with van der Waals surface area (Å²) in [6.45, 7) is 0.585. The molecule has 0 N–H and O–H groups in total. The highest BCUT2D eigenvalue weighted by atomic mass is 79.9. The molecule has 0 saturated heterocycles. The molecule has 0 aliphatic carbocycles. The van der Waals surface area contributed by atoms with Crippen molar-refractivity contribution >= 4 is 42.6 Å². The first-order chi connectivity index (χ1) is 10.8. The van der Waals surface area contributed by atoms with Crippen LogP contribution in [0.4, 0.5) is 0 Å². The summed E-state index contributed by atoms with van der Waals surface area (Å²) < 4.78 is 6.07. The minimum atomic E-state index is 0.585. The van der Waals surface area contributed by atoms with Crippen LogP contribution in [0.25, 0.3) is 10.8 Å². The summed E-state index contributed by atoms with van der Waals surface area (Å²) in [6.07, 6.45) is 0. The summed E-state index contributed by atoms with van der Waals surface area (Å²) in [5.74, 6) is 0.936. The van der Waals surface area contributed by atoms with E-state index in [0.29, 0.717) is 6.61 Å². The topological polar surface area (TPSA) is 9.23 Å². The van der Waals surface area contributed by atoms with E-state index < -0.39 is 0 Å². The van der Waals surface area contributed by atoms with E-state index in [-0.39, 0.29) is 0 Å². The van der Waals surface area contributed by atoms with Crippen molar-refractivity contribution in [2.45, 2.75) is 17.3 Å². The third kappa shape index (κ3) is 3.21. The number of alkyl halides is 2. The van der Waals surface area contributed by atoms with Crippen LogP contribution in [-0.4, -0.2) is 0 Å². The Labute approximate surface area is 147 Å². The van der Waals surface area contributed by atoms with Gasteiger partial charge < -0.3 is 4.74 Å². The van der Waals surface area contributed by atoms with E-state index in [9.17, 15) is 0 Å². The standard InChI is InChI=1S/C19H16Br2O/c20-11-15-7-4-8-17-18(10-9-16(12-21)19(15)17)22-13-14-5-2-1-3-6-14/h1-10H,11-13H2. The third-order valence-electron chi connectivity index (χ3n) is 3.70. The molecule has 22 heavy (non-hydrogen) atoms. The fourth-order valence-electron chi connectivity index (χ4n) is 2.62. The lowest BCUT2D eigenvalue weighted by Gasteiger charge is -2.14. The van der Waals surface area contributed by atoms with E-state index in [1.807, 2.05) is 18.2 Å². The first kappa shape index (κ1) is 15.6. The molecule has 3 aromatic rings. The van der Waals surface area contributed by atoms with E-state index in [4.69, 9.17) is 4.74 Å². The first-order valence-corrected chi connectivity index (χ1v) is 9.40. The van der Waals surface area contributed by atoms with E-state index in [1.54, 1.807) is 0 Å². The lowest BCUT2D eigenvalue weighted by Crippen LogP contribution is -1.97. The second-order valence-corrected chi connectivity index (χ2v) is 6.23. The van der Waals surface area contributed by atoms with Gasteiger partial charge >= 0.3 is 0 Å². The Morgan fingerprint density at radius 1 is 0.727 bits per heavy atom. The van der Waals surface area contributed by atoms with Gasteiger partial charge in [-0.1, -0.05) is 86.5 Å². The van der Waals surface area contributed by atoms with Crippen molar-refractivity contribution in [2.75, 3.05) is 0 Å². The van der Waals surface area contributed by atoms with Gasteiger partial charge in [-0.15, -0.1) is 0 Å². The van der Waals surface area contributed by atoms with Gasteiger partial charge in [0.05, 0.1) is 0 Å². The van der Waals surface area contributed by atoms with Crippen LogP contribution in [0.1, 0.15) is 16.7 Å². The summed E-state index contributed by atoms with van der Waals surface area (Å²) >= 11 is 7.17. The summed E-state index contributed by atoms with van der Waals surface area (Å²) in [6, 6.07) is 20.8. The fourth-order valence-corrected chi connectivity index (χ4v) is 3.55. The fraction of sp³-hybridized carbons (Fsp3) is 0.158. The van der Waals surface area contributed by atoms with Gasteiger partial charge in [-0.3, -0.25) is 0 Å². The third-order valence-corrected chi connectivity index (χ3v) is 4.91. The molecular weight excluding hydrogens is 404 g/mol. The molecule has 3 aromatic carbocycles. The normalized spacial score (nSPS) is 10.8. The second-order valence-electron chi connectivity index (χ2n) is 5.10. The Balaban J connectivity index is 2.00. The summed E-state index contributed by atoms with van der Waals surface area (Å²) in [5.41, 5.74) is 3.76. The van der Waals surface area contributed by atoms with Gasteiger partial charge in [-0.2, -0.15) is 0 Å². The predicted molar refractivity (Wildman–Crippen MR) is 100.0 cm³/mol. The van der Waals surface area contributed by atoms with E-state index >= 15 is 0 Å². The van der Waals surface area contributed by atoms with Crippen molar-refractivity contribution in [3.63, 3.8) is 0 Å². The van der Waals surface area contributed by atoms with Crippen LogP contribution in [0.15, 0.2) is 60.7 Å². The highest BCUT2D eigenvalue weighted by molar-refractivity contribution is 9.08. The molecule has 0 heterocycles. The smallest absolute Gasteiger partial charge is 0.127 e. The van der Waals surface area contributed by atoms with Crippen molar-refractivity contribution in [3.8, 4) is 5.75 Å². The van der Waals surface area contributed by atoms with Crippen molar-refractivity contribution in [1.82, 2.24) is 0 Å². The molecular formula is C19H16Br2O. The molecule has 0 aromatic heterocycles. The Bertz CT molecular complexity index is 759. The van der Waals surface area contributed by atoms with Gasteiger partial charge in [-0.25, -0.2) is 0 Å². The van der Waals surface area contributed by atoms with Crippen LogP contribution in [0.5, 0.6) is 5.75 Å². The number of ether oxygens (including phenoxy) is 1. The van der Waals surface area contributed by atoms with Gasteiger partial charge in [0.2, 0.25) is 0 Å². The molecule has 0 saturated carbocycles. The first-order valence-electron chi connectivity index (χ1n) is 7.15. The minimum absolute atomic E-state index is 0.585. The molecule has 0 unspecified atom stereocenters. The van der Waals surface area contributed by atoms with Crippen molar-refractivity contribution in [1.29, 1.82) is 0 Å². The molecule has 3 rings (SSSR count). The largest absolute Gasteiger partial charge is 0.488 e. The zero-order chi connectivity index (χ0) is 15.4. The highest BCUT2D eigenvalue weighted by Crippen LogP contribution is 2.33. The van der Waals surface area contributed by atoms with Crippen LogP contribution in [0, 0.1) is 0 Å². The average Bonchev–Trinajstić information content (AvgIpc) is 2.60. The molecule has 0 aliphatic rings. The summed E-state index contributed by atoms with van der Waals surface area (Å²) in [5, 5.41) is 4.13. The summed E-state index contributed by atoms with van der Waals surface area (Å²) in [7, 11) is 0. The van der Waals surface area contributed by atoms with Crippen molar-refractivity contribution in [2.24, 2.45) is 0 Å². The maximum absolute atomic E-state index is 6.07. The minimum Gasteiger partial charge on any atom is -0.488 e. The lowest BCUT2D eigenvalue weighted by molar-refractivity contribution is 0.310. The second kappa shape index (κ2) is 7.30. The molecule has 112 valence electrons. The molecule has 0 aliphatic heterocycles. The number of halogens is 2. The average molecular weight is 420 g/mol. The Morgan fingerprint density at radius 2 is 1.45 bits per heavy atom. The number of hydrogen-bond acceptors (Lipinski definition) is 1. The SMILES string of the molecule is BrCc1cccc2c(OCc3ccccc3)ccc(CBr)c12. The Morgan fingerprint density at radius 3 is 2.18 bits per heavy atom. The monoisotopic (exact) mass is 418 g/mol. The number of benzene rings is 3. The van der Waals surface area contributed by atoms with Crippen LogP contribution in [0.3, 0.4) is 0 Å². The molecule has 0 fully saturated rings. The molecule has 0 spiro atoms. The van der Waals surface area contributed by atoms with Gasteiger partial charge in [0.1, 0.15) is 12.4 Å². The lowest BCUT2D eigenvalue weighted by atomic mass is 10.00. The maximum Gasteiger partial charge on any atom is 0.127 e. The van der Waals surface area contributed by atoms with Crippen molar-refractivity contribution in [3.05, 3.63) is 77.4 Å². The molecule has 0 radical (unpaired) electrons. The van der Waals surface area contributed by atoms with E-state index in [1.165, 1.54) is 27.5 Å². The quantitative estimate of drug-likeness (QED) is 0.446. The number of hydrogen-bond donors (Lipinski definition) is 0. The highest BCUT2D eigenvalue weighted by Gasteiger charge is 2.10. The van der Waals surface area contributed by atoms with Crippen LogP contribution in [0.2, 0.25) is 0 Å². The number of fused-ring (bicyclic) bond motifs is 1. The Kier molecular flexibility index (Phi) is 5.16. The zero-order valence-electron chi connectivity index (χ0n) is 12.1. The summed E-state index contributed by atoms with van der Waals surface area (Å²) in [4.78, 5) is 0. The molecule has 0 amide bonds. The van der Waals surface area contributed by atoms with Gasteiger partial charge in [0.25, 0.3) is 0 Å². The van der Waals surface area contributed by atoms with E-state index in [0.717, 1.165) is 16.4 Å². The van der Waals surface area contributed by atoms with Crippen molar-refractivity contribution < 1.29 is 4.74 Å².